The fourth-order valence-corrected chi connectivity index (χ4v) is 3.58. The van der Waals surface area contributed by atoms with Crippen molar-refractivity contribution in [2.24, 2.45) is 0 Å². The SMILES string of the molecule is COC1=C(OC)C(=O)C(CCCCCCCCCCOc2ccncc2)=C(C)C1=O. The van der Waals surface area contributed by atoms with E-state index in [9.17, 15) is 9.59 Å². The van der Waals surface area contributed by atoms with Crippen molar-refractivity contribution in [3.8, 4) is 5.75 Å². The number of ether oxygens (including phenoxy) is 3. The summed E-state index contributed by atoms with van der Waals surface area (Å²) in [5, 5.41) is 0. The first-order valence-corrected chi connectivity index (χ1v) is 10.7. The molecule has 2 rings (SSSR count). The van der Waals surface area contributed by atoms with Gasteiger partial charge in [0.05, 0.1) is 20.8 Å². The van der Waals surface area contributed by atoms with Gasteiger partial charge in [0.25, 0.3) is 0 Å². The van der Waals surface area contributed by atoms with Crippen molar-refractivity contribution >= 4 is 11.6 Å². The molecule has 6 nitrogen and oxygen atoms in total. The molecule has 0 atom stereocenters. The molecule has 1 aromatic rings. The maximum Gasteiger partial charge on any atom is 0.228 e. The Hall–Kier alpha value is -2.63. The Labute approximate surface area is 179 Å². The van der Waals surface area contributed by atoms with Crippen LogP contribution in [0.1, 0.15) is 64.7 Å². The molecule has 1 aliphatic carbocycles. The zero-order valence-electron chi connectivity index (χ0n) is 18.4. The lowest BCUT2D eigenvalue weighted by Gasteiger charge is -2.20. The molecule has 1 aliphatic rings. The van der Waals surface area contributed by atoms with Crippen molar-refractivity contribution in [3.63, 3.8) is 0 Å². The third-order valence-electron chi connectivity index (χ3n) is 5.33. The summed E-state index contributed by atoms with van der Waals surface area (Å²) in [5.41, 5.74) is 1.04. The van der Waals surface area contributed by atoms with Crippen LogP contribution in [0.4, 0.5) is 0 Å². The maximum atomic E-state index is 12.6. The summed E-state index contributed by atoms with van der Waals surface area (Å²) in [6.07, 6.45) is 13.0. The van der Waals surface area contributed by atoms with E-state index in [4.69, 9.17) is 14.2 Å². The molecular weight excluding hydrogens is 382 g/mol. The Bertz CT molecular complexity index is 767. The molecule has 6 heteroatoms. The molecule has 0 N–H and O–H groups in total. The van der Waals surface area contributed by atoms with Gasteiger partial charge in [-0.15, -0.1) is 0 Å². The first-order valence-electron chi connectivity index (χ1n) is 10.7. The summed E-state index contributed by atoms with van der Waals surface area (Å²) in [4.78, 5) is 28.9. The molecule has 0 aliphatic heterocycles. The number of allylic oxidation sites excluding steroid dienone is 2. The Morgan fingerprint density at radius 3 is 1.90 bits per heavy atom. The molecule has 0 fully saturated rings. The van der Waals surface area contributed by atoms with E-state index in [0.29, 0.717) is 17.6 Å². The molecule has 0 saturated carbocycles. The van der Waals surface area contributed by atoms with Gasteiger partial charge in [-0.2, -0.15) is 0 Å². The van der Waals surface area contributed by atoms with E-state index in [0.717, 1.165) is 38.0 Å². The van der Waals surface area contributed by atoms with E-state index in [-0.39, 0.29) is 23.1 Å². The van der Waals surface area contributed by atoms with E-state index >= 15 is 0 Å². The number of unbranched alkanes of at least 4 members (excludes halogenated alkanes) is 7. The van der Waals surface area contributed by atoms with E-state index in [2.05, 4.69) is 4.98 Å². The minimum Gasteiger partial charge on any atom is -0.493 e. The predicted molar refractivity (Wildman–Crippen MR) is 115 cm³/mol. The second-order valence-corrected chi connectivity index (χ2v) is 7.44. The van der Waals surface area contributed by atoms with Gasteiger partial charge in [0.2, 0.25) is 23.1 Å². The van der Waals surface area contributed by atoms with Gasteiger partial charge in [-0.25, -0.2) is 0 Å². The summed E-state index contributed by atoms with van der Waals surface area (Å²) >= 11 is 0. The van der Waals surface area contributed by atoms with E-state index < -0.39 is 0 Å². The predicted octanol–water partition coefficient (Wildman–Crippen LogP) is 4.94. The van der Waals surface area contributed by atoms with Crippen LogP contribution in [0.15, 0.2) is 47.2 Å². The molecule has 0 unspecified atom stereocenters. The third-order valence-corrected chi connectivity index (χ3v) is 5.33. The highest BCUT2D eigenvalue weighted by Crippen LogP contribution is 2.28. The van der Waals surface area contributed by atoms with Crippen LogP contribution < -0.4 is 4.74 Å². The first-order chi connectivity index (χ1) is 14.6. The van der Waals surface area contributed by atoms with Gasteiger partial charge in [-0.1, -0.05) is 38.5 Å². The van der Waals surface area contributed by atoms with E-state index in [1.54, 1.807) is 19.3 Å². The number of methoxy groups -OCH3 is 2. The highest BCUT2D eigenvalue weighted by molar-refractivity contribution is 6.23. The van der Waals surface area contributed by atoms with Crippen LogP contribution in [-0.2, 0) is 19.1 Å². The molecule has 0 radical (unpaired) electrons. The van der Waals surface area contributed by atoms with Crippen molar-refractivity contribution in [3.05, 3.63) is 47.2 Å². The number of ketones is 2. The van der Waals surface area contributed by atoms with Crippen LogP contribution in [-0.4, -0.2) is 37.4 Å². The van der Waals surface area contributed by atoms with Crippen molar-refractivity contribution in [1.82, 2.24) is 4.98 Å². The minimum absolute atomic E-state index is 0.00919. The molecule has 164 valence electrons. The quantitative estimate of drug-likeness (QED) is 0.316. The molecule has 0 amide bonds. The summed E-state index contributed by atoms with van der Waals surface area (Å²) < 4.78 is 15.8. The minimum atomic E-state index is -0.253. The fourth-order valence-electron chi connectivity index (χ4n) is 3.58. The number of carbonyl (C=O) groups excluding carboxylic acids is 2. The monoisotopic (exact) mass is 415 g/mol. The zero-order chi connectivity index (χ0) is 21.8. The zero-order valence-corrected chi connectivity index (χ0v) is 18.4. The number of Topliss-reactive ketones (excluding diaryl/α,β-unsaturated/α-hetero) is 2. The van der Waals surface area contributed by atoms with Gasteiger partial charge in [0.15, 0.2) is 0 Å². The van der Waals surface area contributed by atoms with Gasteiger partial charge in [0.1, 0.15) is 5.75 Å². The second-order valence-electron chi connectivity index (χ2n) is 7.44. The topological polar surface area (TPSA) is 74.7 Å². The molecule has 1 aromatic heterocycles. The lowest BCUT2D eigenvalue weighted by atomic mass is 9.89. The number of carbonyl (C=O) groups is 2. The Morgan fingerprint density at radius 1 is 0.767 bits per heavy atom. The van der Waals surface area contributed by atoms with Gasteiger partial charge < -0.3 is 14.2 Å². The van der Waals surface area contributed by atoms with Crippen molar-refractivity contribution in [2.45, 2.75) is 64.7 Å². The van der Waals surface area contributed by atoms with Crippen LogP contribution in [0, 0.1) is 0 Å². The molecule has 30 heavy (non-hydrogen) atoms. The molecule has 0 bridgehead atoms. The highest BCUT2D eigenvalue weighted by Gasteiger charge is 2.34. The Morgan fingerprint density at radius 2 is 1.30 bits per heavy atom. The summed E-state index contributed by atoms with van der Waals surface area (Å²) in [6.45, 7) is 2.44. The summed E-state index contributed by atoms with van der Waals surface area (Å²) in [7, 11) is 2.77. The number of rotatable bonds is 14. The molecular formula is C24H33NO5. The number of nitrogens with zero attached hydrogens (tertiary/aromatic N) is 1. The molecule has 0 aromatic carbocycles. The van der Waals surface area contributed by atoms with Crippen molar-refractivity contribution < 1.29 is 23.8 Å². The standard InChI is InChI=1S/C24H33NO5/c1-18-20(22(27)24(29-3)23(28-2)21(18)26)12-10-8-6-4-5-7-9-11-17-30-19-13-15-25-16-14-19/h13-16H,4-12,17H2,1-3H3. The highest BCUT2D eigenvalue weighted by atomic mass is 16.5. The van der Waals surface area contributed by atoms with E-state index in [1.165, 1.54) is 39.9 Å². The number of hydrogen-bond donors (Lipinski definition) is 0. The lowest BCUT2D eigenvalue weighted by molar-refractivity contribution is -0.121. The summed E-state index contributed by atoms with van der Waals surface area (Å²) in [5.74, 6) is 0.434. The Kier molecular flexibility index (Phi) is 10.1. The van der Waals surface area contributed by atoms with Crippen LogP contribution >= 0.6 is 0 Å². The maximum absolute atomic E-state index is 12.6. The third kappa shape index (κ3) is 6.71. The molecule has 0 spiro atoms. The average Bonchev–Trinajstić information content (AvgIpc) is 2.77. The Balaban J connectivity index is 1.56. The average molecular weight is 416 g/mol. The number of hydrogen-bond acceptors (Lipinski definition) is 6. The summed E-state index contributed by atoms with van der Waals surface area (Å²) in [6, 6.07) is 3.74. The van der Waals surface area contributed by atoms with Gasteiger partial charge in [0, 0.05) is 23.5 Å². The van der Waals surface area contributed by atoms with Crippen molar-refractivity contribution in [1.29, 1.82) is 0 Å². The van der Waals surface area contributed by atoms with Gasteiger partial charge in [-0.05, 0) is 38.3 Å². The number of aromatic nitrogens is 1. The normalized spacial score (nSPS) is 14.4. The number of pyridine rings is 1. The van der Waals surface area contributed by atoms with Crippen LogP contribution in [0.25, 0.3) is 0 Å². The lowest BCUT2D eigenvalue weighted by Crippen LogP contribution is -2.25. The van der Waals surface area contributed by atoms with Crippen LogP contribution in [0.2, 0.25) is 0 Å². The largest absolute Gasteiger partial charge is 0.493 e. The van der Waals surface area contributed by atoms with Gasteiger partial charge >= 0.3 is 0 Å². The fraction of sp³-hybridized carbons (Fsp3) is 0.542. The van der Waals surface area contributed by atoms with Crippen molar-refractivity contribution in [2.75, 3.05) is 20.8 Å². The molecule has 1 heterocycles. The second kappa shape index (κ2) is 12.8. The smallest absolute Gasteiger partial charge is 0.228 e. The molecule has 0 saturated heterocycles. The van der Waals surface area contributed by atoms with Gasteiger partial charge in [-0.3, -0.25) is 14.6 Å². The first kappa shape index (κ1) is 23.6. The van der Waals surface area contributed by atoms with Crippen LogP contribution in [0.3, 0.4) is 0 Å². The van der Waals surface area contributed by atoms with Crippen LogP contribution in [0.5, 0.6) is 5.75 Å². The van der Waals surface area contributed by atoms with E-state index in [1.807, 2.05) is 12.1 Å².